The molecule has 102 valence electrons. The van der Waals surface area contributed by atoms with E-state index in [0.717, 1.165) is 13.2 Å². The molecule has 2 nitrogen and oxygen atoms in total. The van der Waals surface area contributed by atoms with Crippen molar-refractivity contribution in [3.8, 4) is 0 Å². The second-order valence-electron chi connectivity index (χ2n) is 5.69. The van der Waals surface area contributed by atoms with Gasteiger partial charge in [0.25, 0.3) is 0 Å². The van der Waals surface area contributed by atoms with Gasteiger partial charge in [-0.2, -0.15) is 0 Å². The van der Waals surface area contributed by atoms with Crippen LogP contribution in [-0.2, 0) is 11.2 Å². The summed E-state index contributed by atoms with van der Waals surface area (Å²) in [4.78, 5) is 0. The van der Waals surface area contributed by atoms with Crippen LogP contribution in [0.4, 0.5) is 5.69 Å². The molecule has 0 aliphatic rings. The van der Waals surface area contributed by atoms with E-state index >= 15 is 0 Å². The highest BCUT2D eigenvalue weighted by Gasteiger charge is 2.08. The van der Waals surface area contributed by atoms with Crippen LogP contribution in [0, 0.1) is 0 Å². The van der Waals surface area contributed by atoms with Crippen LogP contribution in [0.25, 0.3) is 0 Å². The van der Waals surface area contributed by atoms with E-state index in [1.54, 1.807) is 0 Å². The van der Waals surface area contributed by atoms with Crippen LogP contribution in [0.3, 0.4) is 0 Å². The van der Waals surface area contributed by atoms with Gasteiger partial charge in [0.15, 0.2) is 0 Å². The molecule has 0 aromatic heterocycles. The molecule has 0 saturated carbocycles. The van der Waals surface area contributed by atoms with Gasteiger partial charge < -0.3 is 10.1 Å². The summed E-state index contributed by atoms with van der Waals surface area (Å²) in [5, 5.41) is 3.38. The molecule has 1 rings (SSSR count). The minimum absolute atomic E-state index is 0.0499. The third-order valence-electron chi connectivity index (χ3n) is 2.74. The Morgan fingerprint density at radius 3 is 2.33 bits per heavy atom. The number of benzene rings is 1. The molecular weight excluding hydrogens is 222 g/mol. The molecule has 0 amide bonds. The van der Waals surface area contributed by atoms with Crippen LogP contribution in [0.5, 0.6) is 0 Å². The van der Waals surface area contributed by atoms with Gasteiger partial charge in [-0.05, 0) is 51.3 Å². The summed E-state index contributed by atoms with van der Waals surface area (Å²) in [6.45, 7) is 10.1. The van der Waals surface area contributed by atoms with E-state index < -0.39 is 0 Å². The van der Waals surface area contributed by atoms with Crippen LogP contribution in [0.1, 0.15) is 46.1 Å². The Morgan fingerprint density at radius 1 is 1.11 bits per heavy atom. The molecule has 2 heteroatoms. The van der Waals surface area contributed by atoms with Gasteiger partial charge in [-0.15, -0.1) is 0 Å². The molecule has 1 N–H and O–H groups in total. The van der Waals surface area contributed by atoms with Gasteiger partial charge in [0.05, 0.1) is 12.2 Å². The van der Waals surface area contributed by atoms with Crippen LogP contribution < -0.4 is 5.32 Å². The summed E-state index contributed by atoms with van der Waals surface area (Å²) in [5.74, 6) is 0. The lowest BCUT2D eigenvalue weighted by atomic mass is 10.1. The summed E-state index contributed by atoms with van der Waals surface area (Å²) >= 11 is 0. The Balaban J connectivity index is 2.26. The molecule has 0 atom stereocenters. The first-order valence-corrected chi connectivity index (χ1v) is 6.98. The Labute approximate surface area is 112 Å². The van der Waals surface area contributed by atoms with Crippen molar-refractivity contribution in [3.63, 3.8) is 0 Å². The molecule has 0 radical (unpaired) electrons. The molecule has 0 aliphatic carbocycles. The Morgan fingerprint density at radius 2 is 1.78 bits per heavy atom. The van der Waals surface area contributed by atoms with Gasteiger partial charge in [-0.3, -0.25) is 0 Å². The topological polar surface area (TPSA) is 21.3 Å². The highest BCUT2D eigenvalue weighted by Crippen LogP contribution is 2.12. The lowest BCUT2D eigenvalue weighted by Crippen LogP contribution is -2.23. The molecule has 0 heterocycles. The van der Waals surface area contributed by atoms with E-state index in [9.17, 15) is 0 Å². The molecule has 1 aromatic carbocycles. The van der Waals surface area contributed by atoms with Crippen molar-refractivity contribution in [2.75, 3.05) is 18.5 Å². The Kier molecular flexibility index (Phi) is 6.20. The fraction of sp³-hybridized carbons (Fsp3) is 0.625. The predicted octanol–water partition coefficient (Wildman–Crippen LogP) is 4.26. The van der Waals surface area contributed by atoms with Gasteiger partial charge in [-0.1, -0.05) is 25.5 Å². The fourth-order valence-electron chi connectivity index (χ4n) is 1.72. The van der Waals surface area contributed by atoms with Crippen LogP contribution >= 0.6 is 0 Å². The first-order chi connectivity index (χ1) is 8.51. The van der Waals surface area contributed by atoms with Gasteiger partial charge >= 0.3 is 0 Å². The second kappa shape index (κ2) is 7.42. The van der Waals surface area contributed by atoms with Crippen molar-refractivity contribution in [2.45, 2.75) is 52.6 Å². The van der Waals surface area contributed by atoms with Gasteiger partial charge in [0, 0.05) is 12.2 Å². The first-order valence-electron chi connectivity index (χ1n) is 6.98. The van der Waals surface area contributed by atoms with Crippen molar-refractivity contribution >= 4 is 5.69 Å². The Hall–Kier alpha value is -1.02. The largest absolute Gasteiger partial charge is 0.383 e. The first kappa shape index (κ1) is 15.0. The number of hydrogen-bond acceptors (Lipinski definition) is 2. The number of hydrogen-bond donors (Lipinski definition) is 1. The summed E-state index contributed by atoms with van der Waals surface area (Å²) in [6.07, 6.45) is 3.71. The zero-order valence-corrected chi connectivity index (χ0v) is 12.3. The third kappa shape index (κ3) is 6.65. The van der Waals surface area contributed by atoms with Crippen molar-refractivity contribution in [1.82, 2.24) is 0 Å². The van der Waals surface area contributed by atoms with Crippen molar-refractivity contribution in [2.24, 2.45) is 0 Å². The number of rotatable bonds is 7. The van der Waals surface area contributed by atoms with Crippen molar-refractivity contribution in [3.05, 3.63) is 29.8 Å². The highest BCUT2D eigenvalue weighted by atomic mass is 16.5. The van der Waals surface area contributed by atoms with E-state index in [-0.39, 0.29) is 5.60 Å². The Bertz CT molecular complexity index is 324. The van der Waals surface area contributed by atoms with Gasteiger partial charge in [0.2, 0.25) is 0 Å². The predicted molar refractivity (Wildman–Crippen MR) is 79.2 cm³/mol. The number of aryl methyl sites for hydroxylation is 1. The van der Waals surface area contributed by atoms with E-state index in [0.29, 0.717) is 0 Å². The molecule has 0 saturated heterocycles. The standard InChI is InChI=1S/C16H27NO/c1-5-6-7-14-8-10-15(11-9-14)17-12-13-18-16(2,3)4/h8-11,17H,5-7,12-13H2,1-4H3. The molecule has 0 unspecified atom stereocenters. The summed E-state index contributed by atoms with van der Waals surface area (Å²) in [5.41, 5.74) is 2.55. The molecular formula is C16H27NO. The summed E-state index contributed by atoms with van der Waals surface area (Å²) in [6, 6.07) is 8.73. The molecule has 18 heavy (non-hydrogen) atoms. The fourth-order valence-corrected chi connectivity index (χ4v) is 1.72. The maximum atomic E-state index is 5.67. The number of anilines is 1. The zero-order valence-electron chi connectivity index (χ0n) is 12.3. The average Bonchev–Trinajstić information content (AvgIpc) is 2.32. The molecule has 1 aromatic rings. The van der Waals surface area contributed by atoms with Gasteiger partial charge in [0.1, 0.15) is 0 Å². The average molecular weight is 249 g/mol. The smallest absolute Gasteiger partial charge is 0.0646 e. The number of ether oxygens (including phenoxy) is 1. The maximum Gasteiger partial charge on any atom is 0.0646 e. The van der Waals surface area contributed by atoms with E-state index in [4.69, 9.17) is 4.74 Å². The minimum Gasteiger partial charge on any atom is -0.383 e. The van der Waals surface area contributed by atoms with Crippen LogP contribution in [-0.4, -0.2) is 18.8 Å². The van der Waals surface area contributed by atoms with Crippen LogP contribution in [0.15, 0.2) is 24.3 Å². The van der Waals surface area contributed by atoms with E-state index in [1.165, 1.54) is 30.5 Å². The quantitative estimate of drug-likeness (QED) is 0.729. The van der Waals surface area contributed by atoms with Crippen LogP contribution in [0.2, 0.25) is 0 Å². The van der Waals surface area contributed by atoms with Gasteiger partial charge in [-0.25, -0.2) is 0 Å². The zero-order chi connectivity index (χ0) is 13.4. The number of nitrogens with one attached hydrogen (secondary N) is 1. The van der Waals surface area contributed by atoms with E-state index in [1.807, 2.05) is 0 Å². The molecule has 0 spiro atoms. The SMILES string of the molecule is CCCCc1ccc(NCCOC(C)(C)C)cc1. The normalized spacial score (nSPS) is 11.6. The van der Waals surface area contributed by atoms with Crippen molar-refractivity contribution < 1.29 is 4.74 Å². The molecule has 0 fully saturated rings. The molecule has 0 aliphatic heterocycles. The lowest BCUT2D eigenvalue weighted by molar-refractivity contribution is 0.00333. The van der Waals surface area contributed by atoms with E-state index in [2.05, 4.69) is 57.3 Å². The van der Waals surface area contributed by atoms with Crippen molar-refractivity contribution in [1.29, 1.82) is 0 Å². The maximum absolute atomic E-state index is 5.67. The monoisotopic (exact) mass is 249 g/mol. The lowest BCUT2D eigenvalue weighted by Gasteiger charge is -2.19. The highest BCUT2D eigenvalue weighted by molar-refractivity contribution is 5.44. The molecule has 0 bridgehead atoms. The minimum atomic E-state index is -0.0499. The number of unbranched alkanes of at least 4 members (excludes halogenated alkanes) is 1. The summed E-state index contributed by atoms with van der Waals surface area (Å²) < 4.78 is 5.67. The third-order valence-corrected chi connectivity index (χ3v) is 2.74. The summed E-state index contributed by atoms with van der Waals surface area (Å²) in [7, 11) is 0. The second-order valence-corrected chi connectivity index (χ2v) is 5.69.